The zero-order chi connectivity index (χ0) is 11.7. The van der Waals surface area contributed by atoms with E-state index in [4.69, 9.17) is 14.0 Å². The fourth-order valence-corrected chi connectivity index (χ4v) is 2.70. The van der Waals surface area contributed by atoms with Crippen molar-refractivity contribution >= 4 is 15.9 Å². The van der Waals surface area contributed by atoms with Crippen molar-refractivity contribution in [1.29, 1.82) is 0 Å². The smallest absolute Gasteiger partial charge is 0.162 e. The predicted octanol–water partition coefficient (Wildman–Crippen LogP) is 1.65. The molecule has 1 aliphatic rings. The number of ether oxygens (including phenoxy) is 2. The molecule has 2 unspecified atom stereocenters. The van der Waals surface area contributed by atoms with Crippen LogP contribution in [0.3, 0.4) is 0 Å². The molecule has 0 saturated carbocycles. The van der Waals surface area contributed by atoms with E-state index in [1.165, 1.54) is 0 Å². The summed E-state index contributed by atoms with van der Waals surface area (Å²) in [5.41, 5.74) is 0.718. The predicted molar refractivity (Wildman–Crippen MR) is 58.8 cm³/mol. The highest BCUT2D eigenvalue weighted by Gasteiger charge is 2.38. The van der Waals surface area contributed by atoms with Crippen LogP contribution in [0.2, 0.25) is 0 Å². The summed E-state index contributed by atoms with van der Waals surface area (Å²) < 4.78 is 16.1. The Bertz CT molecular complexity index is 364. The lowest BCUT2D eigenvalue weighted by molar-refractivity contribution is -0.166. The summed E-state index contributed by atoms with van der Waals surface area (Å²) in [5, 5.41) is 14.0. The van der Waals surface area contributed by atoms with Gasteiger partial charge in [-0.1, -0.05) is 5.16 Å². The molecule has 1 aliphatic carbocycles. The Hall–Kier alpha value is -0.430. The summed E-state index contributed by atoms with van der Waals surface area (Å²) in [6, 6.07) is 0. The Morgan fingerprint density at radius 1 is 1.50 bits per heavy atom. The van der Waals surface area contributed by atoms with Gasteiger partial charge in [0.15, 0.2) is 10.9 Å². The van der Waals surface area contributed by atoms with E-state index < -0.39 is 12.4 Å². The van der Waals surface area contributed by atoms with Gasteiger partial charge >= 0.3 is 0 Å². The Balaban J connectivity index is 2.26. The number of methoxy groups -OCH3 is 2. The van der Waals surface area contributed by atoms with Gasteiger partial charge in [0.05, 0.1) is 11.7 Å². The Morgan fingerprint density at radius 3 is 2.81 bits per heavy atom. The van der Waals surface area contributed by atoms with Crippen molar-refractivity contribution in [3.05, 3.63) is 15.9 Å². The molecule has 1 aromatic heterocycles. The van der Waals surface area contributed by atoms with Crippen molar-refractivity contribution in [2.75, 3.05) is 14.2 Å². The topological polar surface area (TPSA) is 64.7 Å². The van der Waals surface area contributed by atoms with Crippen LogP contribution < -0.4 is 0 Å². The average molecular weight is 292 g/mol. The third-order valence-corrected chi connectivity index (χ3v) is 3.55. The number of halogens is 1. The number of hydrogen-bond donors (Lipinski definition) is 1. The minimum atomic E-state index is -0.672. The molecule has 1 N–H and O–H groups in total. The summed E-state index contributed by atoms with van der Waals surface area (Å²) >= 11 is 3.27. The highest BCUT2D eigenvalue weighted by Crippen LogP contribution is 2.40. The second-order valence-corrected chi connectivity index (χ2v) is 4.55. The zero-order valence-electron chi connectivity index (χ0n) is 9.14. The third-order valence-electron chi connectivity index (χ3n) is 2.98. The first-order valence-corrected chi connectivity index (χ1v) is 5.86. The molecule has 90 valence electrons. The highest BCUT2D eigenvalue weighted by molar-refractivity contribution is 9.10. The minimum Gasteiger partial charge on any atom is -0.388 e. The van der Waals surface area contributed by atoms with Gasteiger partial charge in [0.1, 0.15) is 5.76 Å². The van der Waals surface area contributed by atoms with Crippen molar-refractivity contribution in [3.63, 3.8) is 0 Å². The zero-order valence-corrected chi connectivity index (χ0v) is 10.7. The lowest BCUT2D eigenvalue weighted by Gasteiger charge is -2.31. The van der Waals surface area contributed by atoms with Crippen molar-refractivity contribution in [1.82, 2.24) is 5.16 Å². The lowest BCUT2D eigenvalue weighted by atomic mass is 9.85. The summed E-state index contributed by atoms with van der Waals surface area (Å²) in [6.07, 6.45) is 0.403. The van der Waals surface area contributed by atoms with E-state index in [0.717, 1.165) is 24.2 Å². The van der Waals surface area contributed by atoms with E-state index >= 15 is 0 Å². The molecule has 0 bridgehead atoms. The van der Waals surface area contributed by atoms with Crippen LogP contribution >= 0.6 is 15.9 Å². The minimum absolute atomic E-state index is 0.0989. The van der Waals surface area contributed by atoms with Gasteiger partial charge in [-0.25, -0.2) is 0 Å². The molecule has 2 rings (SSSR count). The Kier molecular flexibility index (Phi) is 3.63. The van der Waals surface area contributed by atoms with E-state index in [-0.39, 0.29) is 5.92 Å². The number of aliphatic hydroxyl groups is 1. The maximum absolute atomic E-state index is 10.2. The molecule has 0 radical (unpaired) electrons. The van der Waals surface area contributed by atoms with Gasteiger partial charge in [0, 0.05) is 26.6 Å². The maximum atomic E-state index is 10.2. The van der Waals surface area contributed by atoms with Crippen molar-refractivity contribution < 1.29 is 19.1 Å². The molecule has 0 saturated heterocycles. The first kappa shape index (κ1) is 12.0. The third kappa shape index (κ3) is 1.90. The molecule has 2 atom stereocenters. The quantitative estimate of drug-likeness (QED) is 0.858. The summed E-state index contributed by atoms with van der Waals surface area (Å²) in [7, 11) is 3.14. The van der Waals surface area contributed by atoms with Crippen molar-refractivity contribution in [2.45, 2.75) is 25.2 Å². The van der Waals surface area contributed by atoms with Gasteiger partial charge in [-0.2, -0.15) is 0 Å². The van der Waals surface area contributed by atoms with Crippen molar-refractivity contribution in [2.24, 2.45) is 5.92 Å². The molecule has 16 heavy (non-hydrogen) atoms. The van der Waals surface area contributed by atoms with Gasteiger partial charge in [0.2, 0.25) is 0 Å². The Labute approximate surface area is 102 Å². The second-order valence-electron chi connectivity index (χ2n) is 3.80. The fourth-order valence-electron chi connectivity index (χ4n) is 2.18. The molecule has 0 amide bonds. The molecule has 5 nitrogen and oxygen atoms in total. The van der Waals surface area contributed by atoms with Crippen LogP contribution in [-0.4, -0.2) is 30.8 Å². The van der Waals surface area contributed by atoms with Crippen molar-refractivity contribution in [3.8, 4) is 0 Å². The van der Waals surface area contributed by atoms with Gasteiger partial charge in [-0.3, -0.25) is 0 Å². The summed E-state index contributed by atoms with van der Waals surface area (Å²) in [6.45, 7) is 0. The van der Waals surface area contributed by atoms with E-state index in [9.17, 15) is 5.11 Å². The molecule has 1 heterocycles. The van der Waals surface area contributed by atoms with Crippen LogP contribution in [0.5, 0.6) is 0 Å². The van der Waals surface area contributed by atoms with Crippen LogP contribution in [0.1, 0.15) is 23.8 Å². The van der Waals surface area contributed by atoms with E-state index in [1.807, 2.05) is 0 Å². The number of nitrogens with zero attached hydrogens (tertiary/aromatic N) is 1. The highest BCUT2D eigenvalue weighted by atomic mass is 79.9. The van der Waals surface area contributed by atoms with E-state index in [2.05, 4.69) is 21.1 Å². The maximum Gasteiger partial charge on any atom is 0.162 e. The summed E-state index contributed by atoms with van der Waals surface area (Å²) in [4.78, 5) is 0. The molecular formula is C10H14BrNO4. The average Bonchev–Trinajstić information content (AvgIpc) is 2.66. The molecule has 0 aromatic carbocycles. The summed E-state index contributed by atoms with van der Waals surface area (Å²) in [5.74, 6) is 0.639. The van der Waals surface area contributed by atoms with Crippen LogP contribution in [0.25, 0.3) is 0 Å². The van der Waals surface area contributed by atoms with Gasteiger partial charge in [-0.05, 0) is 22.4 Å². The molecule has 0 aliphatic heterocycles. The monoisotopic (exact) mass is 291 g/mol. The van der Waals surface area contributed by atoms with Crippen LogP contribution in [0, 0.1) is 5.92 Å². The van der Waals surface area contributed by atoms with E-state index in [1.54, 1.807) is 14.2 Å². The lowest BCUT2D eigenvalue weighted by Crippen LogP contribution is -2.33. The largest absolute Gasteiger partial charge is 0.388 e. The number of fused-ring (bicyclic) bond motifs is 1. The standard InChI is InChI=1S/C10H14BrNO4/c1-14-10(15-2)5-3-4-6-7(8(5)13)9(11)12-16-6/h5,8,10,13H,3-4H2,1-2H3. The Morgan fingerprint density at radius 2 is 2.19 bits per heavy atom. The molecular weight excluding hydrogens is 278 g/mol. The molecule has 6 heteroatoms. The second kappa shape index (κ2) is 4.83. The van der Waals surface area contributed by atoms with Gasteiger partial charge in [-0.15, -0.1) is 0 Å². The normalized spacial score (nSPS) is 24.8. The SMILES string of the molecule is COC(OC)C1CCc2onc(Br)c2C1O. The molecule has 0 spiro atoms. The first-order valence-electron chi connectivity index (χ1n) is 5.06. The number of aromatic nitrogens is 1. The van der Waals surface area contributed by atoms with Crippen LogP contribution in [0.15, 0.2) is 9.13 Å². The first-order chi connectivity index (χ1) is 7.69. The van der Waals surface area contributed by atoms with Crippen LogP contribution in [-0.2, 0) is 15.9 Å². The molecule has 1 aromatic rings. The van der Waals surface area contributed by atoms with Crippen LogP contribution in [0.4, 0.5) is 0 Å². The molecule has 0 fully saturated rings. The number of aryl methyl sites for hydroxylation is 1. The van der Waals surface area contributed by atoms with Gasteiger partial charge < -0.3 is 19.1 Å². The number of rotatable bonds is 3. The number of hydrogen-bond acceptors (Lipinski definition) is 5. The van der Waals surface area contributed by atoms with E-state index in [0.29, 0.717) is 4.60 Å². The fraction of sp³-hybridized carbons (Fsp3) is 0.700. The van der Waals surface area contributed by atoms with Gasteiger partial charge in [0.25, 0.3) is 0 Å². The number of aliphatic hydroxyl groups excluding tert-OH is 1.